The Morgan fingerprint density at radius 2 is 2.00 bits per heavy atom. The van der Waals surface area contributed by atoms with Gasteiger partial charge in [0, 0.05) is 24.0 Å². The van der Waals surface area contributed by atoms with Gasteiger partial charge in [0.1, 0.15) is 6.33 Å². The molecular weight excluding hydrogens is 174 g/mol. The minimum atomic E-state index is 0.437. The fourth-order valence-electron chi connectivity index (χ4n) is 2.30. The molecule has 1 aromatic heterocycles. The second-order valence-corrected chi connectivity index (χ2v) is 4.38. The molecule has 1 aliphatic heterocycles. The topological polar surface area (TPSA) is 37.8 Å². The van der Waals surface area contributed by atoms with Crippen molar-refractivity contribution in [1.82, 2.24) is 15.3 Å². The number of piperidine rings is 1. The van der Waals surface area contributed by atoms with Crippen molar-refractivity contribution in [3.63, 3.8) is 0 Å². The van der Waals surface area contributed by atoms with Gasteiger partial charge in [0.25, 0.3) is 0 Å². The maximum atomic E-state index is 4.06. The molecule has 14 heavy (non-hydrogen) atoms. The smallest absolute Gasteiger partial charge is 0.115 e. The average Bonchev–Trinajstić information content (AvgIpc) is 2.19. The molecule has 1 saturated heterocycles. The first-order chi connectivity index (χ1) is 6.77. The Morgan fingerprint density at radius 1 is 1.29 bits per heavy atom. The standard InChI is InChI=1S/C11H17N3/c1-8-3-9(2)11(14-4-8)10-5-12-7-13-6-10/h5-9,11,14H,3-4H2,1-2H3. The molecule has 2 rings (SSSR count). The van der Waals surface area contributed by atoms with Gasteiger partial charge < -0.3 is 5.32 Å². The molecule has 76 valence electrons. The Kier molecular flexibility index (Phi) is 2.77. The number of aromatic nitrogens is 2. The largest absolute Gasteiger partial charge is 0.309 e. The zero-order chi connectivity index (χ0) is 9.97. The first-order valence-corrected chi connectivity index (χ1v) is 5.25. The van der Waals surface area contributed by atoms with E-state index < -0.39 is 0 Å². The highest BCUT2D eigenvalue weighted by Crippen LogP contribution is 2.30. The highest BCUT2D eigenvalue weighted by molar-refractivity contribution is 5.11. The molecule has 3 nitrogen and oxygen atoms in total. The SMILES string of the molecule is CC1CNC(c2cncnc2)C(C)C1. The minimum Gasteiger partial charge on any atom is -0.309 e. The molecule has 1 fully saturated rings. The van der Waals surface area contributed by atoms with E-state index in [1.54, 1.807) is 6.33 Å². The molecule has 0 saturated carbocycles. The molecule has 1 N–H and O–H groups in total. The second-order valence-electron chi connectivity index (χ2n) is 4.38. The quantitative estimate of drug-likeness (QED) is 0.735. The Bertz CT molecular complexity index is 286. The van der Waals surface area contributed by atoms with Crippen LogP contribution in [0.5, 0.6) is 0 Å². The van der Waals surface area contributed by atoms with Crippen molar-refractivity contribution < 1.29 is 0 Å². The van der Waals surface area contributed by atoms with Crippen molar-refractivity contribution in [2.45, 2.75) is 26.3 Å². The van der Waals surface area contributed by atoms with E-state index in [4.69, 9.17) is 0 Å². The van der Waals surface area contributed by atoms with E-state index in [1.165, 1.54) is 12.0 Å². The molecular formula is C11H17N3. The summed E-state index contributed by atoms with van der Waals surface area (Å²) in [6.45, 7) is 5.69. The van der Waals surface area contributed by atoms with Crippen LogP contribution >= 0.6 is 0 Å². The summed E-state index contributed by atoms with van der Waals surface area (Å²) in [6, 6.07) is 0.437. The molecule has 3 heteroatoms. The fraction of sp³-hybridized carbons (Fsp3) is 0.636. The number of nitrogens with one attached hydrogen (secondary N) is 1. The van der Waals surface area contributed by atoms with Crippen molar-refractivity contribution in [2.24, 2.45) is 11.8 Å². The summed E-state index contributed by atoms with van der Waals surface area (Å²) in [4.78, 5) is 8.12. The van der Waals surface area contributed by atoms with Gasteiger partial charge in [-0.1, -0.05) is 13.8 Å². The molecule has 1 aliphatic rings. The van der Waals surface area contributed by atoms with Gasteiger partial charge in [-0.15, -0.1) is 0 Å². The third-order valence-electron chi connectivity index (χ3n) is 2.97. The molecule has 3 atom stereocenters. The molecule has 0 aliphatic carbocycles. The average molecular weight is 191 g/mol. The molecule has 0 amide bonds. The maximum Gasteiger partial charge on any atom is 0.115 e. The summed E-state index contributed by atoms with van der Waals surface area (Å²) in [7, 11) is 0. The summed E-state index contributed by atoms with van der Waals surface area (Å²) < 4.78 is 0. The summed E-state index contributed by atoms with van der Waals surface area (Å²) in [5.74, 6) is 1.45. The molecule has 3 unspecified atom stereocenters. The van der Waals surface area contributed by atoms with Gasteiger partial charge in [0.15, 0.2) is 0 Å². The zero-order valence-corrected chi connectivity index (χ0v) is 8.77. The Balaban J connectivity index is 2.12. The summed E-state index contributed by atoms with van der Waals surface area (Å²) >= 11 is 0. The summed E-state index contributed by atoms with van der Waals surface area (Å²) in [5.41, 5.74) is 1.21. The van der Waals surface area contributed by atoms with E-state index in [-0.39, 0.29) is 0 Å². The van der Waals surface area contributed by atoms with Crippen molar-refractivity contribution in [1.29, 1.82) is 0 Å². The van der Waals surface area contributed by atoms with Crippen LogP contribution in [0.4, 0.5) is 0 Å². The molecule has 1 aromatic rings. The van der Waals surface area contributed by atoms with E-state index in [2.05, 4.69) is 29.1 Å². The zero-order valence-electron chi connectivity index (χ0n) is 8.77. The number of hydrogen-bond donors (Lipinski definition) is 1. The number of rotatable bonds is 1. The highest BCUT2D eigenvalue weighted by Gasteiger charge is 2.26. The van der Waals surface area contributed by atoms with Gasteiger partial charge in [-0.05, 0) is 24.8 Å². The third-order valence-corrected chi connectivity index (χ3v) is 2.97. The van der Waals surface area contributed by atoms with Gasteiger partial charge in [0.2, 0.25) is 0 Å². The van der Waals surface area contributed by atoms with Gasteiger partial charge in [-0.25, -0.2) is 9.97 Å². The van der Waals surface area contributed by atoms with Crippen LogP contribution < -0.4 is 5.32 Å². The van der Waals surface area contributed by atoms with Gasteiger partial charge in [-0.3, -0.25) is 0 Å². The van der Waals surface area contributed by atoms with Crippen molar-refractivity contribution in [3.05, 3.63) is 24.3 Å². The van der Waals surface area contributed by atoms with Crippen molar-refractivity contribution in [2.75, 3.05) is 6.54 Å². The van der Waals surface area contributed by atoms with E-state index >= 15 is 0 Å². The van der Waals surface area contributed by atoms with E-state index in [0.29, 0.717) is 12.0 Å². The Hall–Kier alpha value is -0.960. The summed E-state index contributed by atoms with van der Waals surface area (Å²) in [5, 5.41) is 3.55. The Labute approximate surface area is 85.0 Å². The molecule has 0 bridgehead atoms. The lowest BCUT2D eigenvalue weighted by molar-refractivity contribution is 0.246. The molecule has 0 spiro atoms. The monoisotopic (exact) mass is 191 g/mol. The number of nitrogens with zero attached hydrogens (tertiary/aromatic N) is 2. The van der Waals surface area contributed by atoms with Crippen LogP contribution in [0.1, 0.15) is 31.9 Å². The van der Waals surface area contributed by atoms with Crippen LogP contribution in [0.2, 0.25) is 0 Å². The lowest BCUT2D eigenvalue weighted by atomic mass is 9.84. The molecule has 0 aromatic carbocycles. The van der Waals surface area contributed by atoms with E-state index in [1.807, 2.05) is 12.4 Å². The molecule has 0 radical (unpaired) electrons. The van der Waals surface area contributed by atoms with Crippen LogP contribution in [-0.2, 0) is 0 Å². The van der Waals surface area contributed by atoms with E-state index in [0.717, 1.165) is 12.5 Å². The van der Waals surface area contributed by atoms with Crippen LogP contribution in [-0.4, -0.2) is 16.5 Å². The van der Waals surface area contributed by atoms with Crippen molar-refractivity contribution in [3.8, 4) is 0 Å². The van der Waals surface area contributed by atoms with Gasteiger partial charge in [-0.2, -0.15) is 0 Å². The van der Waals surface area contributed by atoms with Crippen LogP contribution in [0, 0.1) is 11.8 Å². The molecule has 2 heterocycles. The van der Waals surface area contributed by atoms with Gasteiger partial charge in [0.05, 0.1) is 0 Å². The number of hydrogen-bond acceptors (Lipinski definition) is 3. The fourth-order valence-corrected chi connectivity index (χ4v) is 2.30. The first-order valence-electron chi connectivity index (χ1n) is 5.25. The minimum absolute atomic E-state index is 0.437. The van der Waals surface area contributed by atoms with Gasteiger partial charge >= 0.3 is 0 Å². The summed E-state index contributed by atoms with van der Waals surface area (Å²) in [6.07, 6.45) is 6.69. The lowest BCUT2D eigenvalue weighted by Crippen LogP contribution is -2.37. The maximum absolute atomic E-state index is 4.06. The predicted octanol–water partition coefficient (Wildman–Crippen LogP) is 1.78. The second kappa shape index (κ2) is 4.05. The first kappa shape index (κ1) is 9.59. The highest BCUT2D eigenvalue weighted by atomic mass is 14.9. The predicted molar refractivity (Wildman–Crippen MR) is 55.7 cm³/mol. The van der Waals surface area contributed by atoms with Crippen molar-refractivity contribution >= 4 is 0 Å². The van der Waals surface area contributed by atoms with Crippen LogP contribution in [0.15, 0.2) is 18.7 Å². The third kappa shape index (κ3) is 1.93. The lowest BCUT2D eigenvalue weighted by Gasteiger charge is -2.33. The Morgan fingerprint density at radius 3 is 2.64 bits per heavy atom. The van der Waals surface area contributed by atoms with Crippen LogP contribution in [0.25, 0.3) is 0 Å². The van der Waals surface area contributed by atoms with E-state index in [9.17, 15) is 0 Å². The van der Waals surface area contributed by atoms with Crippen LogP contribution in [0.3, 0.4) is 0 Å². The normalized spacial score (nSPS) is 32.9.